The minimum atomic E-state index is -0.208. The largest absolute Gasteiger partial charge is 0.492 e. The Bertz CT molecular complexity index is 889. The second kappa shape index (κ2) is 9.17. The van der Waals surface area contributed by atoms with E-state index in [1.165, 1.54) is 0 Å². The fourth-order valence-corrected chi connectivity index (χ4v) is 3.12. The molecule has 0 saturated carbocycles. The zero-order valence-electron chi connectivity index (χ0n) is 15.3. The molecule has 0 bridgehead atoms. The van der Waals surface area contributed by atoms with Crippen molar-refractivity contribution in [3.05, 3.63) is 52.0 Å². The molecule has 0 saturated heterocycles. The lowest BCUT2D eigenvalue weighted by molar-refractivity contribution is -0.122. The van der Waals surface area contributed by atoms with Gasteiger partial charge in [0.1, 0.15) is 16.5 Å². The minimum Gasteiger partial charge on any atom is -0.492 e. The van der Waals surface area contributed by atoms with Gasteiger partial charge in [-0.3, -0.25) is 9.59 Å². The lowest BCUT2D eigenvalue weighted by Crippen LogP contribution is -2.28. The highest BCUT2D eigenvalue weighted by atomic mass is 35.5. The van der Waals surface area contributed by atoms with Gasteiger partial charge in [0.2, 0.25) is 5.91 Å². The molecule has 1 heterocycles. The van der Waals surface area contributed by atoms with E-state index < -0.39 is 0 Å². The third-order valence-corrected chi connectivity index (χ3v) is 5.04. The Morgan fingerprint density at radius 3 is 2.96 bits per heavy atom. The van der Waals surface area contributed by atoms with Crippen LogP contribution < -0.4 is 20.1 Å². The van der Waals surface area contributed by atoms with Gasteiger partial charge < -0.3 is 20.1 Å². The summed E-state index contributed by atoms with van der Waals surface area (Å²) in [6.07, 6.45) is 0.850. The summed E-state index contributed by atoms with van der Waals surface area (Å²) in [4.78, 5) is 23.6. The number of amides is 2. The van der Waals surface area contributed by atoms with Crippen molar-refractivity contribution in [2.75, 3.05) is 18.5 Å². The highest BCUT2D eigenvalue weighted by Gasteiger charge is 2.18. The number of fused-ring (bicyclic) bond motifs is 1. The zero-order chi connectivity index (χ0) is 20.1. The monoisotopic (exact) mass is 422 g/mol. The molecular weight excluding hydrogens is 403 g/mol. The van der Waals surface area contributed by atoms with Gasteiger partial charge in [-0.05, 0) is 43.2 Å². The van der Waals surface area contributed by atoms with Crippen LogP contribution in [0.1, 0.15) is 31.4 Å². The molecule has 0 aliphatic carbocycles. The lowest BCUT2D eigenvalue weighted by Gasteiger charge is -2.21. The number of rotatable bonds is 7. The first-order valence-corrected chi connectivity index (χ1v) is 9.62. The number of carbonyl (C=O) groups excluding carboxylic acids is 2. The number of hydrogen-bond donors (Lipinski definition) is 2. The normalized spacial score (nSPS) is 13.8. The van der Waals surface area contributed by atoms with Crippen molar-refractivity contribution in [3.63, 3.8) is 0 Å². The van der Waals surface area contributed by atoms with Crippen LogP contribution in [-0.2, 0) is 9.59 Å². The van der Waals surface area contributed by atoms with E-state index in [1.807, 2.05) is 19.1 Å². The molecule has 2 amide bonds. The Kier molecular flexibility index (Phi) is 6.65. The highest BCUT2D eigenvalue weighted by Crippen LogP contribution is 2.32. The van der Waals surface area contributed by atoms with Crippen LogP contribution in [0.5, 0.6) is 11.5 Å². The molecule has 3 rings (SSSR count). The van der Waals surface area contributed by atoms with Crippen LogP contribution in [0.15, 0.2) is 36.4 Å². The summed E-state index contributed by atoms with van der Waals surface area (Å²) in [6, 6.07) is 10.4. The molecule has 2 aromatic rings. The fraction of sp³-hybridized carbons (Fsp3) is 0.300. The van der Waals surface area contributed by atoms with Crippen LogP contribution in [0, 0.1) is 0 Å². The molecule has 1 atom stereocenters. The zero-order valence-corrected chi connectivity index (χ0v) is 16.8. The van der Waals surface area contributed by atoms with E-state index in [1.54, 1.807) is 24.3 Å². The van der Waals surface area contributed by atoms with Crippen LogP contribution in [0.25, 0.3) is 0 Å². The third-order valence-electron chi connectivity index (χ3n) is 4.24. The van der Waals surface area contributed by atoms with E-state index in [0.29, 0.717) is 46.7 Å². The van der Waals surface area contributed by atoms with Crippen molar-refractivity contribution in [2.24, 2.45) is 0 Å². The van der Waals surface area contributed by atoms with Gasteiger partial charge in [0, 0.05) is 6.42 Å². The quantitative estimate of drug-likeness (QED) is 0.649. The van der Waals surface area contributed by atoms with Gasteiger partial charge in [-0.15, -0.1) is 0 Å². The maximum Gasteiger partial charge on any atom is 0.262 e. The molecule has 6 nitrogen and oxygen atoms in total. The first kappa shape index (κ1) is 20.3. The maximum atomic E-state index is 12.2. The van der Waals surface area contributed by atoms with E-state index >= 15 is 0 Å². The predicted molar refractivity (Wildman–Crippen MR) is 108 cm³/mol. The summed E-state index contributed by atoms with van der Waals surface area (Å²) in [7, 11) is 0. The minimum absolute atomic E-state index is 0.0150. The summed E-state index contributed by atoms with van der Waals surface area (Å²) < 4.78 is 10.9. The molecule has 1 unspecified atom stereocenters. The van der Waals surface area contributed by atoms with Crippen LogP contribution in [-0.4, -0.2) is 25.0 Å². The summed E-state index contributed by atoms with van der Waals surface area (Å²) in [5, 5.41) is 6.49. The van der Waals surface area contributed by atoms with E-state index in [2.05, 4.69) is 10.6 Å². The van der Waals surface area contributed by atoms with Gasteiger partial charge in [-0.25, -0.2) is 0 Å². The standard InChI is InChI=1S/C20H20Cl2N2O4/c1-12(13-7-8-16-15(10-13)24-19(26)11-28-16)23-18(25)6-3-9-27-17-5-2-4-14(21)20(17)22/h2,4-5,7-8,10,12H,3,6,9,11H2,1H3,(H,23,25)(H,24,26). The molecular formula is C20H20Cl2N2O4. The number of carbonyl (C=O) groups is 2. The number of hydrogen-bond acceptors (Lipinski definition) is 4. The van der Waals surface area contributed by atoms with Gasteiger partial charge in [-0.2, -0.15) is 0 Å². The Hall–Kier alpha value is -2.44. The topological polar surface area (TPSA) is 76.7 Å². The maximum absolute atomic E-state index is 12.2. The second-order valence-electron chi connectivity index (χ2n) is 6.39. The van der Waals surface area contributed by atoms with E-state index in [9.17, 15) is 9.59 Å². The molecule has 0 spiro atoms. The van der Waals surface area contributed by atoms with Crippen LogP contribution in [0.2, 0.25) is 10.0 Å². The first-order valence-electron chi connectivity index (χ1n) is 8.87. The summed E-state index contributed by atoms with van der Waals surface area (Å²) >= 11 is 12.0. The average molecular weight is 423 g/mol. The summed E-state index contributed by atoms with van der Waals surface area (Å²) in [6.45, 7) is 2.25. The molecule has 28 heavy (non-hydrogen) atoms. The van der Waals surface area contributed by atoms with Crippen LogP contribution in [0.4, 0.5) is 5.69 Å². The lowest BCUT2D eigenvalue weighted by atomic mass is 10.1. The summed E-state index contributed by atoms with van der Waals surface area (Å²) in [5.41, 5.74) is 1.49. The first-order chi connectivity index (χ1) is 13.4. The fourth-order valence-electron chi connectivity index (χ4n) is 2.78. The molecule has 0 radical (unpaired) electrons. The van der Waals surface area contributed by atoms with Crippen molar-refractivity contribution in [1.29, 1.82) is 0 Å². The Balaban J connectivity index is 1.46. The van der Waals surface area contributed by atoms with Gasteiger partial charge in [0.05, 0.1) is 23.4 Å². The number of anilines is 1. The van der Waals surface area contributed by atoms with Crippen LogP contribution >= 0.6 is 23.2 Å². The predicted octanol–water partition coefficient (Wildman–Crippen LogP) is 4.36. The molecule has 2 aromatic carbocycles. The van der Waals surface area contributed by atoms with Crippen molar-refractivity contribution < 1.29 is 19.1 Å². The smallest absolute Gasteiger partial charge is 0.262 e. The molecule has 8 heteroatoms. The highest BCUT2D eigenvalue weighted by molar-refractivity contribution is 6.42. The molecule has 1 aliphatic rings. The number of halogens is 2. The molecule has 148 valence electrons. The van der Waals surface area contributed by atoms with Gasteiger partial charge in [-0.1, -0.05) is 35.3 Å². The third kappa shape index (κ3) is 5.09. The van der Waals surface area contributed by atoms with Gasteiger partial charge in [0.15, 0.2) is 6.61 Å². The Morgan fingerprint density at radius 2 is 2.14 bits per heavy atom. The molecule has 0 fully saturated rings. The number of benzene rings is 2. The van der Waals surface area contributed by atoms with Crippen molar-refractivity contribution in [1.82, 2.24) is 5.32 Å². The average Bonchev–Trinajstić information content (AvgIpc) is 2.67. The Labute approximate surface area is 173 Å². The second-order valence-corrected chi connectivity index (χ2v) is 7.17. The summed E-state index contributed by atoms with van der Waals surface area (Å²) in [5.74, 6) is 0.840. The number of ether oxygens (including phenoxy) is 2. The van der Waals surface area contributed by atoms with E-state index in [-0.39, 0.29) is 24.5 Å². The van der Waals surface area contributed by atoms with Crippen molar-refractivity contribution in [3.8, 4) is 11.5 Å². The molecule has 1 aliphatic heterocycles. The van der Waals surface area contributed by atoms with Crippen molar-refractivity contribution >= 4 is 40.7 Å². The van der Waals surface area contributed by atoms with Gasteiger partial charge >= 0.3 is 0 Å². The van der Waals surface area contributed by atoms with E-state index in [4.69, 9.17) is 32.7 Å². The number of nitrogens with one attached hydrogen (secondary N) is 2. The van der Waals surface area contributed by atoms with Crippen LogP contribution in [0.3, 0.4) is 0 Å². The van der Waals surface area contributed by atoms with Crippen molar-refractivity contribution in [2.45, 2.75) is 25.8 Å². The molecule has 0 aromatic heterocycles. The molecule has 2 N–H and O–H groups in total. The van der Waals surface area contributed by atoms with E-state index in [0.717, 1.165) is 5.56 Å². The van der Waals surface area contributed by atoms with Gasteiger partial charge in [0.25, 0.3) is 5.91 Å². The Morgan fingerprint density at radius 1 is 1.32 bits per heavy atom. The SMILES string of the molecule is CC(NC(=O)CCCOc1cccc(Cl)c1Cl)c1ccc2c(c1)NC(=O)CO2.